The van der Waals surface area contributed by atoms with Gasteiger partial charge in [-0.3, -0.25) is 0 Å². The highest BCUT2D eigenvalue weighted by molar-refractivity contribution is 5.85. The van der Waals surface area contributed by atoms with Crippen molar-refractivity contribution in [1.29, 1.82) is 0 Å². The van der Waals surface area contributed by atoms with Crippen molar-refractivity contribution in [3.05, 3.63) is 42.5 Å². The molecule has 0 saturated heterocycles. The van der Waals surface area contributed by atoms with E-state index in [1.807, 2.05) is 26.2 Å². The Morgan fingerprint density at radius 1 is 1.15 bits per heavy atom. The van der Waals surface area contributed by atoms with E-state index in [0.29, 0.717) is 0 Å². The Morgan fingerprint density at radius 3 is 2.77 bits per heavy atom. The molecule has 0 atom stereocenters. The first-order valence-electron chi connectivity index (χ1n) is 4.35. The van der Waals surface area contributed by atoms with E-state index in [4.69, 9.17) is 0 Å². The van der Waals surface area contributed by atoms with Gasteiger partial charge in [0.2, 0.25) is 0 Å². The summed E-state index contributed by atoms with van der Waals surface area (Å²) in [5.74, 6) is 0. The minimum Gasteiger partial charge on any atom is -0.378 e. The number of fused-ring (bicyclic) bond motifs is 1. The van der Waals surface area contributed by atoms with E-state index in [1.165, 1.54) is 16.5 Å². The molecule has 0 spiro atoms. The molecule has 0 fully saturated rings. The molecule has 0 bridgehead atoms. The average molecular weight is 170 g/mol. The molecule has 0 unspecified atom stereocenters. The van der Waals surface area contributed by atoms with Gasteiger partial charge in [0.15, 0.2) is 0 Å². The van der Waals surface area contributed by atoms with Crippen LogP contribution in [0.25, 0.3) is 10.8 Å². The summed E-state index contributed by atoms with van der Waals surface area (Å²) in [5.41, 5.74) is 1.23. The van der Waals surface area contributed by atoms with Gasteiger partial charge in [-0.15, -0.1) is 0 Å². The molecule has 13 heavy (non-hydrogen) atoms. The average Bonchev–Trinajstić information content (AvgIpc) is 2.17. The SMILES string of the molecule is CN(C)c1ccc2[c]cccc2c1. The Balaban J connectivity index is 2.62. The Morgan fingerprint density at radius 2 is 2.00 bits per heavy atom. The molecule has 2 aromatic rings. The van der Waals surface area contributed by atoms with Crippen LogP contribution >= 0.6 is 0 Å². The zero-order valence-corrected chi connectivity index (χ0v) is 7.91. The lowest BCUT2D eigenvalue weighted by Crippen LogP contribution is -2.07. The first-order valence-corrected chi connectivity index (χ1v) is 4.35. The molecule has 0 saturated carbocycles. The molecular weight excluding hydrogens is 158 g/mol. The van der Waals surface area contributed by atoms with Gasteiger partial charge in [-0.1, -0.05) is 24.3 Å². The molecule has 2 rings (SSSR count). The second-order valence-electron chi connectivity index (χ2n) is 3.34. The van der Waals surface area contributed by atoms with Crippen molar-refractivity contribution >= 4 is 16.5 Å². The maximum Gasteiger partial charge on any atom is 0.0367 e. The lowest BCUT2D eigenvalue weighted by Gasteiger charge is -2.12. The first kappa shape index (κ1) is 8.11. The van der Waals surface area contributed by atoms with Crippen molar-refractivity contribution in [2.75, 3.05) is 19.0 Å². The van der Waals surface area contributed by atoms with E-state index in [0.717, 1.165) is 0 Å². The van der Waals surface area contributed by atoms with E-state index >= 15 is 0 Å². The van der Waals surface area contributed by atoms with Crippen molar-refractivity contribution in [3.63, 3.8) is 0 Å². The van der Waals surface area contributed by atoms with E-state index < -0.39 is 0 Å². The highest BCUT2D eigenvalue weighted by Crippen LogP contribution is 2.19. The number of anilines is 1. The first-order chi connectivity index (χ1) is 6.27. The number of nitrogens with zero attached hydrogens (tertiary/aromatic N) is 1. The van der Waals surface area contributed by atoms with Gasteiger partial charge in [-0.05, 0) is 29.0 Å². The summed E-state index contributed by atoms with van der Waals surface area (Å²) >= 11 is 0. The van der Waals surface area contributed by atoms with Gasteiger partial charge in [0.05, 0.1) is 0 Å². The van der Waals surface area contributed by atoms with Gasteiger partial charge in [0.25, 0.3) is 0 Å². The predicted molar refractivity (Wildman–Crippen MR) is 57.1 cm³/mol. The van der Waals surface area contributed by atoms with E-state index in [9.17, 15) is 0 Å². The summed E-state index contributed by atoms with van der Waals surface area (Å²) in [6.07, 6.45) is 0. The summed E-state index contributed by atoms with van der Waals surface area (Å²) < 4.78 is 0. The van der Waals surface area contributed by atoms with Gasteiger partial charge in [-0.2, -0.15) is 0 Å². The third-order valence-corrected chi connectivity index (χ3v) is 2.16. The minimum atomic E-state index is 1.17. The highest BCUT2D eigenvalue weighted by Gasteiger charge is 1.96. The van der Waals surface area contributed by atoms with Gasteiger partial charge in [0.1, 0.15) is 0 Å². The fraction of sp³-hybridized carbons (Fsp3) is 0.167. The molecule has 0 N–H and O–H groups in total. The number of hydrogen-bond acceptors (Lipinski definition) is 1. The highest BCUT2D eigenvalue weighted by atomic mass is 15.1. The Hall–Kier alpha value is -1.50. The fourth-order valence-corrected chi connectivity index (χ4v) is 1.39. The summed E-state index contributed by atoms with van der Waals surface area (Å²) in [7, 11) is 4.10. The zero-order valence-electron chi connectivity index (χ0n) is 7.91. The molecule has 0 amide bonds. The maximum absolute atomic E-state index is 3.20. The number of rotatable bonds is 1. The van der Waals surface area contributed by atoms with E-state index in [1.54, 1.807) is 0 Å². The largest absolute Gasteiger partial charge is 0.378 e. The van der Waals surface area contributed by atoms with Crippen LogP contribution in [0.1, 0.15) is 0 Å². The topological polar surface area (TPSA) is 3.24 Å². The fourth-order valence-electron chi connectivity index (χ4n) is 1.39. The smallest absolute Gasteiger partial charge is 0.0367 e. The standard InChI is InChI=1S/C12H12N/c1-13(2)12-8-7-10-5-3-4-6-11(10)9-12/h3-4,6-9H,1-2H3. The molecule has 1 nitrogen and oxygen atoms in total. The monoisotopic (exact) mass is 170 g/mol. The summed E-state index contributed by atoms with van der Waals surface area (Å²) in [6.45, 7) is 0. The van der Waals surface area contributed by atoms with Crippen LogP contribution in [-0.2, 0) is 0 Å². The van der Waals surface area contributed by atoms with Crippen molar-refractivity contribution in [2.45, 2.75) is 0 Å². The van der Waals surface area contributed by atoms with Crippen LogP contribution in [0.5, 0.6) is 0 Å². The molecule has 0 aliphatic heterocycles. The lowest BCUT2D eigenvalue weighted by molar-refractivity contribution is 1.14. The summed E-state index contributed by atoms with van der Waals surface area (Å²) in [6, 6.07) is 15.7. The van der Waals surface area contributed by atoms with Crippen LogP contribution in [0.3, 0.4) is 0 Å². The second-order valence-corrected chi connectivity index (χ2v) is 3.34. The number of hydrogen-bond donors (Lipinski definition) is 0. The molecule has 1 radical (unpaired) electrons. The minimum absolute atomic E-state index is 1.17. The van der Waals surface area contributed by atoms with Crippen molar-refractivity contribution < 1.29 is 0 Å². The third-order valence-electron chi connectivity index (χ3n) is 2.16. The molecule has 0 aromatic heterocycles. The van der Waals surface area contributed by atoms with Crippen LogP contribution in [-0.4, -0.2) is 14.1 Å². The van der Waals surface area contributed by atoms with E-state index in [-0.39, 0.29) is 0 Å². The van der Waals surface area contributed by atoms with Gasteiger partial charge in [0, 0.05) is 19.8 Å². The van der Waals surface area contributed by atoms with Gasteiger partial charge >= 0.3 is 0 Å². The lowest BCUT2D eigenvalue weighted by atomic mass is 10.1. The number of benzene rings is 2. The van der Waals surface area contributed by atoms with Crippen LogP contribution in [0.2, 0.25) is 0 Å². The second kappa shape index (κ2) is 3.09. The van der Waals surface area contributed by atoms with Crippen LogP contribution in [0.4, 0.5) is 5.69 Å². The molecular formula is C12H12N. The van der Waals surface area contributed by atoms with Crippen LogP contribution in [0, 0.1) is 6.07 Å². The predicted octanol–water partition coefficient (Wildman–Crippen LogP) is 2.71. The maximum atomic E-state index is 3.20. The van der Waals surface area contributed by atoms with Gasteiger partial charge < -0.3 is 4.90 Å². The van der Waals surface area contributed by atoms with Crippen molar-refractivity contribution in [1.82, 2.24) is 0 Å². The zero-order chi connectivity index (χ0) is 9.26. The third kappa shape index (κ3) is 1.50. The van der Waals surface area contributed by atoms with E-state index in [2.05, 4.69) is 35.2 Å². The summed E-state index contributed by atoms with van der Waals surface area (Å²) in [4.78, 5) is 2.10. The van der Waals surface area contributed by atoms with Crippen LogP contribution < -0.4 is 4.90 Å². The molecule has 0 aliphatic carbocycles. The van der Waals surface area contributed by atoms with Crippen LogP contribution in [0.15, 0.2) is 36.4 Å². The Kier molecular flexibility index (Phi) is 1.93. The van der Waals surface area contributed by atoms with Crippen molar-refractivity contribution in [2.24, 2.45) is 0 Å². The molecule has 0 aliphatic rings. The molecule has 65 valence electrons. The quantitative estimate of drug-likeness (QED) is 0.636. The normalized spacial score (nSPS) is 10.3. The Bertz CT molecular complexity index is 418. The molecule has 1 heteroatoms. The summed E-state index contributed by atoms with van der Waals surface area (Å²) in [5, 5.41) is 2.42. The molecule has 0 heterocycles. The van der Waals surface area contributed by atoms with Crippen molar-refractivity contribution in [3.8, 4) is 0 Å². The molecule has 2 aromatic carbocycles. The van der Waals surface area contributed by atoms with Gasteiger partial charge in [-0.25, -0.2) is 0 Å². The Labute approximate surface area is 78.6 Å².